The molecule has 0 heterocycles. The van der Waals surface area contributed by atoms with E-state index in [1.807, 2.05) is 0 Å². The largest absolute Gasteiger partial charge is 0.401 e. The Bertz CT molecular complexity index is 231. The summed E-state index contributed by atoms with van der Waals surface area (Å²) in [5.74, 6) is -3.32. The van der Waals surface area contributed by atoms with Gasteiger partial charge in [-0.15, -0.1) is 6.58 Å². The monoisotopic (exact) mass is 277 g/mol. The minimum absolute atomic E-state index is 0.0570. The van der Waals surface area contributed by atoms with Gasteiger partial charge in [-0.25, -0.2) is 0 Å². The number of hydrogen-bond acceptors (Lipinski definition) is 1. The van der Waals surface area contributed by atoms with Crippen LogP contribution in [0.25, 0.3) is 0 Å². The SMILES string of the molecule is C=CCCCC(NCC)C(C(F)(F)F)C(F)(F)F. The minimum atomic E-state index is -5.29. The van der Waals surface area contributed by atoms with Gasteiger partial charge in [-0.2, -0.15) is 26.3 Å². The summed E-state index contributed by atoms with van der Waals surface area (Å²) in [6, 6.07) is -1.64. The van der Waals surface area contributed by atoms with E-state index >= 15 is 0 Å². The van der Waals surface area contributed by atoms with Crippen LogP contribution in [0.5, 0.6) is 0 Å². The zero-order valence-corrected chi connectivity index (χ0v) is 10.0. The van der Waals surface area contributed by atoms with Gasteiger partial charge in [0.1, 0.15) is 0 Å². The lowest BCUT2D eigenvalue weighted by Crippen LogP contribution is -2.51. The van der Waals surface area contributed by atoms with Crippen molar-refractivity contribution in [2.75, 3.05) is 6.54 Å². The molecule has 0 aromatic rings. The molecule has 0 aliphatic heterocycles. The summed E-state index contributed by atoms with van der Waals surface area (Å²) in [4.78, 5) is 0. The van der Waals surface area contributed by atoms with Gasteiger partial charge in [-0.1, -0.05) is 13.0 Å². The number of nitrogens with one attached hydrogen (secondary N) is 1. The van der Waals surface area contributed by atoms with Crippen molar-refractivity contribution in [3.8, 4) is 0 Å². The van der Waals surface area contributed by atoms with E-state index in [0.29, 0.717) is 6.42 Å². The first kappa shape index (κ1) is 17.3. The van der Waals surface area contributed by atoms with Crippen molar-refractivity contribution in [1.82, 2.24) is 5.32 Å². The fraction of sp³-hybridized carbons (Fsp3) is 0.818. The van der Waals surface area contributed by atoms with E-state index in [4.69, 9.17) is 0 Å². The third kappa shape index (κ3) is 5.75. The highest BCUT2D eigenvalue weighted by Crippen LogP contribution is 2.42. The molecule has 0 spiro atoms. The molecule has 0 saturated carbocycles. The average molecular weight is 277 g/mol. The molecular formula is C11H17F6N. The summed E-state index contributed by atoms with van der Waals surface area (Å²) in [6.07, 6.45) is -8.67. The Kier molecular flexibility index (Phi) is 6.73. The summed E-state index contributed by atoms with van der Waals surface area (Å²) in [6.45, 7) is 4.91. The number of halogens is 6. The van der Waals surface area contributed by atoms with Gasteiger partial charge in [0, 0.05) is 6.04 Å². The van der Waals surface area contributed by atoms with Gasteiger partial charge >= 0.3 is 12.4 Å². The van der Waals surface area contributed by atoms with E-state index in [-0.39, 0.29) is 19.4 Å². The molecule has 1 N–H and O–H groups in total. The first-order chi connectivity index (χ1) is 8.14. The molecule has 1 unspecified atom stereocenters. The van der Waals surface area contributed by atoms with Gasteiger partial charge in [0.2, 0.25) is 0 Å². The van der Waals surface area contributed by atoms with Crippen molar-refractivity contribution < 1.29 is 26.3 Å². The van der Waals surface area contributed by atoms with Crippen molar-refractivity contribution >= 4 is 0 Å². The van der Waals surface area contributed by atoms with Gasteiger partial charge in [-0.05, 0) is 25.8 Å². The lowest BCUT2D eigenvalue weighted by molar-refractivity contribution is -0.292. The Morgan fingerprint density at radius 2 is 1.61 bits per heavy atom. The summed E-state index contributed by atoms with van der Waals surface area (Å²) >= 11 is 0. The van der Waals surface area contributed by atoms with Gasteiger partial charge < -0.3 is 5.32 Å². The maximum absolute atomic E-state index is 12.5. The number of unbranched alkanes of at least 4 members (excludes halogenated alkanes) is 1. The van der Waals surface area contributed by atoms with Crippen LogP contribution in [0.15, 0.2) is 12.7 Å². The van der Waals surface area contributed by atoms with E-state index in [2.05, 4.69) is 11.9 Å². The van der Waals surface area contributed by atoms with Crippen LogP contribution in [-0.2, 0) is 0 Å². The molecule has 108 valence electrons. The Morgan fingerprint density at radius 1 is 1.11 bits per heavy atom. The minimum Gasteiger partial charge on any atom is -0.313 e. The maximum Gasteiger partial charge on any atom is 0.401 e. The topological polar surface area (TPSA) is 12.0 Å². The zero-order valence-electron chi connectivity index (χ0n) is 10.0. The van der Waals surface area contributed by atoms with Crippen molar-refractivity contribution in [3.05, 3.63) is 12.7 Å². The van der Waals surface area contributed by atoms with Gasteiger partial charge in [0.15, 0.2) is 5.92 Å². The molecule has 0 rings (SSSR count). The van der Waals surface area contributed by atoms with Crippen molar-refractivity contribution in [2.45, 2.75) is 44.6 Å². The maximum atomic E-state index is 12.5. The molecule has 0 saturated heterocycles. The normalized spacial score (nSPS) is 14.9. The molecule has 7 heteroatoms. The van der Waals surface area contributed by atoms with E-state index < -0.39 is 24.3 Å². The average Bonchev–Trinajstić information content (AvgIpc) is 2.13. The standard InChI is InChI=1S/C11H17F6N/c1-3-5-6-7-8(18-4-2)9(10(12,13)14)11(15,16)17/h3,8-9,18H,1,4-7H2,2H3. The van der Waals surface area contributed by atoms with Gasteiger partial charge in [-0.3, -0.25) is 0 Å². The van der Waals surface area contributed by atoms with Crippen LogP contribution >= 0.6 is 0 Å². The van der Waals surface area contributed by atoms with Crippen LogP contribution in [0.1, 0.15) is 26.2 Å². The predicted octanol–water partition coefficient (Wildman–Crippen LogP) is 4.06. The summed E-state index contributed by atoms with van der Waals surface area (Å²) in [5.41, 5.74) is 0. The Labute approximate surface area is 102 Å². The van der Waals surface area contributed by atoms with Crippen LogP contribution in [-0.4, -0.2) is 24.9 Å². The molecule has 1 nitrogen and oxygen atoms in total. The number of alkyl halides is 6. The van der Waals surface area contributed by atoms with Crippen LogP contribution in [0.3, 0.4) is 0 Å². The smallest absolute Gasteiger partial charge is 0.313 e. The van der Waals surface area contributed by atoms with Crippen LogP contribution < -0.4 is 5.32 Å². The van der Waals surface area contributed by atoms with Gasteiger partial charge in [0.05, 0.1) is 0 Å². The number of rotatable bonds is 7. The van der Waals surface area contributed by atoms with E-state index in [1.54, 1.807) is 0 Å². The van der Waals surface area contributed by atoms with Gasteiger partial charge in [0.25, 0.3) is 0 Å². The molecule has 18 heavy (non-hydrogen) atoms. The highest BCUT2D eigenvalue weighted by atomic mass is 19.4. The third-order valence-electron chi connectivity index (χ3n) is 2.50. The molecule has 0 fully saturated rings. The van der Waals surface area contributed by atoms with Crippen molar-refractivity contribution in [3.63, 3.8) is 0 Å². The fourth-order valence-electron chi connectivity index (χ4n) is 1.77. The van der Waals surface area contributed by atoms with Crippen molar-refractivity contribution in [2.24, 2.45) is 5.92 Å². The molecule has 0 aromatic carbocycles. The molecule has 0 bridgehead atoms. The highest BCUT2D eigenvalue weighted by Gasteiger charge is 2.59. The quantitative estimate of drug-likeness (QED) is 0.420. The number of hydrogen-bond donors (Lipinski definition) is 1. The second-order valence-corrected chi connectivity index (χ2v) is 3.94. The first-order valence-corrected chi connectivity index (χ1v) is 5.62. The molecular weight excluding hydrogens is 260 g/mol. The van der Waals surface area contributed by atoms with Crippen molar-refractivity contribution in [1.29, 1.82) is 0 Å². The predicted molar refractivity (Wildman–Crippen MR) is 57.1 cm³/mol. The Hall–Kier alpha value is -0.720. The molecule has 0 aliphatic rings. The Morgan fingerprint density at radius 3 is 1.94 bits per heavy atom. The molecule has 0 aromatic heterocycles. The molecule has 0 radical (unpaired) electrons. The first-order valence-electron chi connectivity index (χ1n) is 5.62. The fourth-order valence-corrected chi connectivity index (χ4v) is 1.77. The van der Waals surface area contributed by atoms with E-state index in [0.717, 1.165) is 0 Å². The third-order valence-corrected chi connectivity index (χ3v) is 2.50. The summed E-state index contributed by atoms with van der Waals surface area (Å²) < 4.78 is 75.1. The number of allylic oxidation sites excluding steroid dienone is 1. The van der Waals surface area contributed by atoms with E-state index in [9.17, 15) is 26.3 Å². The Balaban J connectivity index is 4.92. The second-order valence-electron chi connectivity index (χ2n) is 3.94. The van der Waals surface area contributed by atoms with Crippen LogP contribution in [0.4, 0.5) is 26.3 Å². The lowest BCUT2D eigenvalue weighted by Gasteiger charge is -2.31. The summed E-state index contributed by atoms with van der Waals surface area (Å²) in [5, 5.41) is 2.28. The molecule has 0 amide bonds. The zero-order chi connectivity index (χ0) is 14.4. The lowest BCUT2D eigenvalue weighted by atomic mass is 9.93. The summed E-state index contributed by atoms with van der Waals surface area (Å²) in [7, 11) is 0. The van der Waals surface area contributed by atoms with Crippen LogP contribution in [0.2, 0.25) is 0 Å². The molecule has 0 aliphatic carbocycles. The highest BCUT2D eigenvalue weighted by molar-refractivity contribution is 4.87. The van der Waals surface area contributed by atoms with E-state index in [1.165, 1.54) is 13.0 Å². The van der Waals surface area contributed by atoms with Crippen LogP contribution in [0, 0.1) is 5.92 Å². The molecule has 1 atom stereocenters. The second kappa shape index (κ2) is 7.01.